The van der Waals surface area contributed by atoms with Gasteiger partial charge < -0.3 is 0 Å². The first-order valence-electron chi connectivity index (χ1n) is 5.80. The minimum absolute atomic E-state index is 1.70. The molecule has 0 N–H and O–H groups in total. The largest absolute Gasteiger partial charge is 0.460 e. The van der Waals surface area contributed by atoms with E-state index < -0.39 is 52.4 Å². The topological polar surface area (TPSA) is 43.6 Å². The van der Waals surface area contributed by atoms with Crippen LogP contribution >= 0.6 is 0 Å². The Morgan fingerprint density at radius 3 is 1.21 bits per heavy atom. The van der Waals surface area contributed by atoms with E-state index in [0.717, 1.165) is 0 Å². The smallest absolute Gasteiger partial charge is 0.192 e. The van der Waals surface area contributed by atoms with E-state index in [-0.39, 0.29) is 0 Å². The molecule has 0 saturated carbocycles. The van der Waals surface area contributed by atoms with Crippen LogP contribution in [0.15, 0.2) is 0 Å². The summed E-state index contributed by atoms with van der Waals surface area (Å²) >= 11 is 0. The van der Waals surface area contributed by atoms with Gasteiger partial charge in [0, 0.05) is 0 Å². The van der Waals surface area contributed by atoms with E-state index >= 15 is 0 Å². The van der Waals surface area contributed by atoms with Crippen LogP contribution in [0.2, 0.25) is 0 Å². The molecule has 0 unspecified atom stereocenters. The molecule has 4 nitrogen and oxygen atoms in total. The van der Waals surface area contributed by atoms with Crippen molar-refractivity contribution in [3.63, 3.8) is 0 Å². The van der Waals surface area contributed by atoms with Crippen molar-refractivity contribution in [3.05, 3.63) is 5.82 Å². The Morgan fingerprint density at radius 2 is 0.893 bits per heavy atom. The first-order chi connectivity index (χ1) is 12.0. The molecule has 0 saturated heterocycles. The average molecular weight is 456 g/mol. The molecular formula is C8F16N4. The first-order valence-corrected chi connectivity index (χ1v) is 5.80. The van der Waals surface area contributed by atoms with E-state index in [9.17, 15) is 70.3 Å². The third kappa shape index (κ3) is 2.73. The van der Waals surface area contributed by atoms with Gasteiger partial charge >= 0.3 is 41.7 Å². The molecule has 0 aromatic carbocycles. The fourth-order valence-corrected chi connectivity index (χ4v) is 1.46. The second-order valence-corrected chi connectivity index (χ2v) is 4.81. The lowest BCUT2D eigenvalue weighted by Crippen LogP contribution is -2.72. The predicted octanol–water partition coefficient (Wildman–Crippen LogP) is 4.24. The highest BCUT2D eigenvalue weighted by Crippen LogP contribution is 2.63. The molecule has 1 rings (SSSR count). The summed E-state index contributed by atoms with van der Waals surface area (Å²) in [5.41, 5.74) is 0. The Hall–Kier alpha value is -2.05. The fourth-order valence-electron chi connectivity index (χ4n) is 1.46. The van der Waals surface area contributed by atoms with Crippen LogP contribution < -0.4 is 0 Å². The lowest BCUT2D eigenvalue weighted by Gasteiger charge is -2.40. The predicted molar refractivity (Wildman–Crippen MR) is 49.0 cm³/mol. The van der Waals surface area contributed by atoms with Crippen molar-refractivity contribution in [2.45, 2.75) is 41.7 Å². The van der Waals surface area contributed by atoms with E-state index in [0.29, 0.717) is 0 Å². The fraction of sp³-hybridized carbons (Fsp3) is 0.875. The van der Waals surface area contributed by atoms with Gasteiger partial charge in [0.25, 0.3) is 5.82 Å². The molecule has 1 heterocycles. The van der Waals surface area contributed by atoms with Crippen molar-refractivity contribution < 1.29 is 70.3 Å². The highest BCUT2D eigenvalue weighted by molar-refractivity contribution is 5.15. The molecule has 0 spiro atoms. The molecule has 0 atom stereocenters. The van der Waals surface area contributed by atoms with Crippen molar-refractivity contribution >= 4 is 0 Å². The van der Waals surface area contributed by atoms with E-state index in [4.69, 9.17) is 0 Å². The summed E-state index contributed by atoms with van der Waals surface area (Å²) in [6.07, 6.45) is -7.70. The third-order valence-corrected chi connectivity index (χ3v) is 3.04. The monoisotopic (exact) mass is 456 g/mol. The number of rotatable bonds is 6. The molecule has 0 amide bonds. The summed E-state index contributed by atoms with van der Waals surface area (Å²) in [6, 6.07) is 0. The van der Waals surface area contributed by atoms with Crippen molar-refractivity contribution in [2.24, 2.45) is 0 Å². The maximum Gasteiger partial charge on any atom is 0.460 e. The van der Waals surface area contributed by atoms with E-state index in [1.54, 1.807) is 10.3 Å². The second-order valence-electron chi connectivity index (χ2n) is 4.81. The molecule has 1 aromatic rings. The molecule has 0 radical (unpaired) electrons. The maximum absolute atomic E-state index is 13.4. The standard InChI is InChI=1S/C8F16N4/c9-2(10,1-25-26-27-28(1)24)3(11,12)4(13,14)5(15,16)6(17,18)7(19,20)8(21,22)23. The van der Waals surface area contributed by atoms with E-state index in [1.807, 2.05) is 5.21 Å². The van der Waals surface area contributed by atoms with Crippen molar-refractivity contribution in [1.82, 2.24) is 20.4 Å². The van der Waals surface area contributed by atoms with Gasteiger partial charge in [-0.2, -0.15) is 65.9 Å². The Labute approximate surface area is 140 Å². The molecule has 28 heavy (non-hydrogen) atoms. The summed E-state index contributed by atoms with van der Waals surface area (Å²) in [6.45, 7) is 0. The number of aromatic nitrogens is 4. The number of hydrogen-bond acceptors (Lipinski definition) is 3. The lowest BCUT2D eigenvalue weighted by molar-refractivity contribution is -0.454. The zero-order valence-corrected chi connectivity index (χ0v) is 11.8. The summed E-state index contributed by atoms with van der Waals surface area (Å²) in [4.78, 5) is -2.00. The highest BCUT2D eigenvalue weighted by atomic mass is 19.4. The van der Waals surface area contributed by atoms with Crippen molar-refractivity contribution in [1.29, 1.82) is 0 Å². The van der Waals surface area contributed by atoms with Gasteiger partial charge in [-0.3, -0.25) is 0 Å². The van der Waals surface area contributed by atoms with Crippen LogP contribution in [0.25, 0.3) is 0 Å². The van der Waals surface area contributed by atoms with Gasteiger partial charge in [-0.15, -0.1) is 5.10 Å². The van der Waals surface area contributed by atoms with Gasteiger partial charge in [-0.05, 0) is 10.4 Å². The SMILES string of the molecule is Fn1nnnc1C(F)(F)C(F)(F)C(F)(F)C(F)(F)C(F)(F)C(F)(F)C(F)(F)F. The van der Waals surface area contributed by atoms with Gasteiger partial charge in [-0.25, -0.2) is 0 Å². The molecule has 0 bridgehead atoms. The van der Waals surface area contributed by atoms with Crippen LogP contribution in [0.4, 0.5) is 70.3 Å². The quantitative estimate of drug-likeness (QED) is 0.602. The van der Waals surface area contributed by atoms with Crippen LogP contribution in [0.3, 0.4) is 0 Å². The van der Waals surface area contributed by atoms with Crippen LogP contribution in [-0.4, -0.2) is 56.2 Å². The Bertz CT molecular complexity index is 716. The van der Waals surface area contributed by atoms with Crippen LogP contribution in [-0.2, 0) is 5.92 Å². The Kier molecular flexibility index (Phi) is 5.12. The number of halogens is 16. The molecule has 0 aliphatic heterocycles. The average Bonchev–Trinajstić information content (AvgIpc) is 2.91. The minimum atomic E-state index is -8.46. The Balaban J connectivity index is 3.64. The second kappa shape index (κ2) is 5.97. The highest BCUT2D eigenvalue weighted by Gasteiger charge is 2.93. The molecule has 1 aromatic heterocycles. The van der Waals surface area contributed by atoms with E-state index in [1.165, 1.54) is 0 Å². The van der Waals surface area contributed by atoms with Gasteiger partial charge in [0.05, 0.1) is 0 Å². The summed E-state index contributed by atoms with van der Waals surface area (Å²) in [5.74, 6) is -51.4. The summed E-state index contributed by atoms with van der Waals surface area (Å²) in [7, 11) is 0. The minimum Gasteiger partial charge on any atom is -0.192 e. The Morgan fingerprint density at radius 1 is 0.536 bits per heavy atom. The van der Waals surface area contributed by atoms with E-state index in [2.05, 4.69) is 0 Å². The van der Waals surface area contributed by atoms with Crippen LogP contribution in [0.5, 0.6) is 0 Å². The molecular weight excluding hydrogens is 456 g/mol. The van der Waals surface area contributed by atoms with Crippen LogP contribution in [0, 0.1) is 0 Å². The van der Waals surface area contributed by atoms with Gasteiger partial charge in [-0.1, -0.05) is 9.39 Å². The maximum atomic E-state index is 13.4. The third-order valence-electron chi connectivity index (χ3n) is 3.04. The summed E-state index contributed by atoms with van der Waals surface area (Å²) < 4.78 is 205. The number of alkyl halides is 15. The van der Waals surface area contributed by atoms with Gasteiger partial charge in [0.2, 0.25) is 0 Å². The van der Waals surface area contributed by atoms with Gasteiger partial charge in [0.15, 0.2) is 0 Å². The molecule has 20 heteroatoms. The zero-order valence-electron chi connectivity index (χ0n) is 11.8. The molecule has 0 fully saturated rings. The number of nitrogens with zero attached hydrogens (tertiary/aromatic N) is 4. The molecule has 0 aliphatic rings. The number of hydrogen-bond donors (Lipinski definition) is 0. The van der Waals surface area contributed by atoms with Crippen molar-refractivity contribution in [2.75, 3.05) is 0 Å². The first kappa shape index (κ1) is 24.0. The van der Waals surface area contributed by atoms with Gasteiger partial charge in [0.1, 0.15) is 0 Å². The molecule has 0 aliphatic carbocycles. The lowest BCUT2D eigenvalue weighted by atomic mass is 9.91. The molecule has 164 valence electrons. The summed E-state index contributed by atoms with van der Waals surface area (Å²) in [5, 5.41) is 5.38. The number of tetrazole rings is 1. The van der Waals surface area contributed by atoms with Crippen molar-refractivity contribution in [3.8, 4) is 0 Å². The normalized spacial score (nSPS) is 15.9. The zero-order chi connectivity index (χ0) is 22.8. The van der Waals surface area contributed by atoms with Crippen LogP contribution in [0.1, 0.15) is 5.82 Å².